The number of methoxy groups -OCH3 is 1. The molecule has 9 nitrogen and oxygen atoms in total. The molecule has 1 aromatic heterocycles. The molecular weight excluding hydrogens is 514 g/mol. The molecule has 1 aliphatic rings. The Kier molecular flexibility index (Phi) is 8.76. The van der Waals surface area contributed by atoms with Crippen LogP contribution in [0, 0.1) is 13.8 Å². The lowest BCUT2D eigenvalue weighted by atomic mass is 10.1. The van der Waals surface area contributed by atoms with Gasteiger partial charge in [0.2, 0.25) is 15.9 Å². The Hall–Kier alpha value is -3.63. The van der Waals surface area contributed by atoms with E-state index < -0.39 is 10.0 Å². The highest BCUT2D eigenvalue weighted by molar-refractivity contribution is 7.89. The fourth-order valence-corrected chi connectivity index (χ4v) is 6.45. The van der Waals surface area contributed by atoms with E-state index in [1.807, 2.05) is 35.9 Å². The third-order valence-electron chi connectivity index (χ3n) is 7.11. The molecule has 0 aliphatic carbocycles. The first-order valence-corrected chi connectivity index (χ1v) is 14.5. The summed E-state index contributed by atoms with van der Waals surface area (Å²) in [6.07, 6.45) is 4.17. The number of nitrogens with zero attached hydrogens (tertiary/aromatic N) is 4. The van der Waals surface area contributed by atoms with Gasteiger partial charge in [-0.1, -0.05) is 0 Å². The minimum absolute atomic E-state index is 0.0468. The highest BCUT2D eigenvalue weighted by atomic mass is 32.2. The number of aryl methyl sites for hydroxylation is 3. The van der Waals surface area contributed by atoms with Gasteiger partial charge in [-0.25, -0.2) is 17.3 Å². The van der Waals surface area contributed by atoms with Crippen LogP contribution in [0.2, 0.25) is 0 Å². The van der Waals surface area contributed by atoms with Gasteiger partial charge < -0.3 is 19.9 Å². The molecule has 2 aromatic carbocycles. The molecule has 0 bridgehead atoms. The SMILES string of the molecule is COc1cc(C)c(S(=O)(=O)N(C)CCC(=O)Nc2ccc(N3CCN(c4cc[n+](C)cc4)CC3)cc2)c(C)c1. The van der Waals surface area contributed by atoms with Crippen LogP contribution in [0.15, 0.2) is 65.8 Å². The number of ether oxygens (including phenoxy) is 1. The molecule has 10 heteroatoms. The maximum Gasteiger partial charge on any atom is 0.243 e. The van der Waals surface area contributed by atoms with Crippen molar-refractivity contribution in [1.82, 2.24) is 4.31 Å². The summed E-state index contributed by atoms with van der Waals surface area (Å²) in [5.41, 5.74) is 4.26. The van der Waals surface area contributed by atoms with Crippen LogP contribution in [0.5, 0.6) is 5.75 Å². The fourth-order valence-electron chi connectivity index (χ4n) is 4.88. The number of carbonyl (C=O) groups excluding carboxylic acids is 1. The number of hydrogen-bond donors (Lipinski definition) is 1. The third kappa shape index (κ3) is 6.69. The van der Waals surface area contributed by atoms with E-state index in [1.54, 1.807) is 33.1 Å². The summed E-state index contributed by atoms with van der Waals surface area (Å²) in [7, 11) is 1.32. The van der Waals surface area contributed by atoms with E-state index in [0.717, 1.165) is 31.9 Å². The Morgan fingerprint density at radius 3 is 1.97 bits per heavy atom. The van der Waals surface area contributed by atoms with Crippen molar-refractivity contribution in [3.63, 3.8) is 0 Å². The summed E-state index contributed by atoms with van der Waals surface area (Å²) in [5.74, 6) is 0.374. The van der Waals surface area contributed by atoms with Gasteiger partial charge in [0.25, 0.3) is 0 Å². The van der Waals surface area contributed by atoms with Crippen molar-refractivity contribution in [2.75, 3.05) is 62.0 Å². The lowest BCUT2D eigenvalue weighted by Crippen LogP contribution is -2.46. The number of piperazine rings is 1. The van der Waals surface area contributed by atoms with Crippen molar-refractivity contribution in [3.05, 3.63) is 72.1 Å². The molecule has 2 heterocycles. The second-order valence-corrected chi connectivity index (χ2v) is 11.9. The van der Waals surface area contributed by atoms with E-state index in [2.05, 4.69) is 39.6 Å². The molecule has 0 atom stereocenters. The first-order valence-electron chi connectivity index (χ1n) is 13.0. The second-order valence-electron chi connectivity index (χ2n) is 9.96. The molecule has 1 fully saturated rings. The molecule has 1 aliphatic heterocycles. The van der Waals surface area contributed by atoms with Crippen LogP contribution < -0.4 is 24.4 Å². The van der Waals surface area contributed by atoms with Crippen molar-refractivity contribution >= 4 is 33.0 Å². The van der Waals surface area contributed by atoms with Gasteiger partial charge in [0.15, 0.2) is 12.4 Å². The zero-order valence-corrected chi connectivity index (χ0v) is 24.2. The lowest BCUT2D eigenvalue weighted by molar-refractivity contribution is -0.671. The number of rotatable bonds is 9. The number of nitrogens with one attached hydrogen (secondary N) is 1. The Morgan fingerprint density at radius 1 is 0.949 bits per heavy atom. The molecule has 3 aromatic rings. The molecular formula is C29H38N5O4S+. The predicted octanol–water partition coefficient (Wildman–Crippen LogP) is 3.11. The number of anilines is 3. The molecule has 0 spiro atoms. The third-order valence-corrected chi connectivity index (χ3v) is 9.28. The van der Waals surface area contributed by atoms with Gasteiger partial charge >= 0.3 is 0 Å². The maximum atomic E-state index is 13.2. The zero-order valence-electron chi connectivity index (χ0n) is 23.3. The predicted molar refractivity (Wildman–Crippen MR) is 154 cm³/mol. The lowest BCUT2D eigenvalue weighted by Gasteiger charge is -2.37. The number of benzene rings is 2. The summed E-state index contributed by atoms with van der Waals surface area (Å²) in [6, 6.07) is 15.5. The molecule has 0 unspecified atom stereocenters. The van der Waals surface area contributed by atoms with E-state index in [9.17, 15) is 13.2 Å². The van der Waals surface area contributed by atoms with Gasteiger partial charge in [-0.05, 0) is 61.4 Å². The van der Waals surface area contributed by atoms with Crippen LogP contribution in [0.1, 0.15) is 17.5 Å². The minimum atomic E-state index is -3.75. The monoisotopic (exact) mass is 552 g/mol. The van der Waals surface area contributed by atoms with Crippen LogP contribution >= 0.6 is 0 Å². The Morgan fingerprint density at radius 2 is 1.46 bits per heavy atom. The summed E-state index contributed by atoms with van der Waals surface area (Å²) >= 11 is 0. The zero-order chi connectivity index (χ0) is 28.2. The first kappa shape index (κ1) is 28.4. The summed E-state index contributed by atoms with van der Waals surface area (Å²) < 4.78 is 34.9. The number of sulfonamides is 1. The molecule has 0 saturated carbocycles. The second kappa shape index (κ2) is 12.0. The van der Waals surface area contributed by atoms with E-state index in [4.69, 9.17) is 4.74 Å². The number of amides is 1. The average Bonchev–Trinajstić information content (AvgIpc) is 2.92. The highest BCUT2D eigenvalue weighted by Crippen LogP contribution is 2.28. The van der Waals surface area contributed by atoms with Crippen molar-refractivity contribution in [1.29, 1.82) is 0 Å². The Labute approximate surface area is 231 Å². The fraction of sp³-hybridized carbons (Fsp3) is 0.379. The van der Waals surface area contributed by atoms with Gasteiger partial charge in [0, 0.05) is 75.4 Å². The van der Waals surface area contributed by atoms with E-state index in [0.29, 0.717) is 22.6 Å². The topological polar surface area (TPSA) is 86.1 Å². The van der Waals surface area contributed by atoms with Crippen LogP contribution in [0.25, 0.3) is 0 Å². The van der Waals surface area contributed by atoms with Crippen LogP contribution in [0.4, 0.5) is 17.1 Å². The molecule has 1 N–H and O–H groups in total. The normalized spacial score (nSPS) is 14.0. The van der Waals surface area contributed by atoms with Gasteiger partial charge in [-0.2, -0.15) is 0 Å². The van der Waals surface area contributed by atoms with E-state index >= 15 is 0 Å². The van der Waals surface area contributed by atoms with Gasteiger partial charge in [-0.3, -0.25) is 4.79 Å². The van der Waals surface area contributed by atoms with Gasteiger partial charge in [-0.15, -0.1) is 0 Å². The quantitative estimate of drug-likeness (QED) is 0.411. The molecule has 208 valence electrons. The largest absolute Gasteiger partial charge is 0.497 e. The minimum Gasteiger partial charge on any atom is -0.497 e. The number of hydrogen-bond acceptors (Lipinski definition) is 6. The standard InChI is InChI=1S/C29H37N5O4S/c1-22-20-27(38-5)21-23(2)29(22)39(36,37)32(4)15-12-28(35)30-24-6-8-25(9-7-24)33-16-18-34(19-17-33)26-10-13-31(3)14-11-26/h6-11,13-14,20-21H,12,15-19H2,1-5H3/p+1. The van der Waals surface area contributed by atoms with E-state index in [-0.39, 0.29) is 23.8 Å². The average molecular weight is 553 g/mol. The van der Waals surface area contributed by atoms with E-state index in [1.165, 1.54) is 17.0 Å². The molecule has 1 saturated heterocycles. The summed E-state index contributed by atoms with van der Waals surface area (Å²) in [4.78, 5) is 17.6. The molecule has 4 rings (SSSR count). The number of carbonyl (C=O) groups is 1. The highest BCUT2D eigenvalue weighted by Gasteiger charge is 2.26. The summed E-state index contributed by atoms with van der Waals surface area (Å²) in [6.45, 7) is 7.28. The van der Waals surface area contributed by atoms with Crippen LogP contribution in [0.3, 0.4) is 0 Å². The number of pyridine rings is 1. The number of aromatic nitrogens is 1. The molecule has 39 heavy (non-hydrogen) atoms. The van der Waals surface area contributed by atoms with Crippen molar-refractivity contribution in [3.8, 4) is 5.75 Å². The van der Waals surface area contributed by atoms with Crippen molar-refractivity contribution in [2.24, 2.45) is 7.05 Å². The van der Waals surface area contributed by atoms with Crippen LogP contribution in [-0.4, -0.2) is 65.5 Å². The van der Waals surface area contributed by atoms with Gasteiger partial charge in [0.1, 0.15) is 12.8 Å². The molecule has 1 amide bonds. The van der Waals surface area contributed by atoms with Crippen molar-refractivity contribution in [2.45, 2.75) is 25.2 Å². The van der Waals surface area contributed by atoms with Gasteiger partial charge in [0.05, 0.1) is 12.0 Å². The maximum absolute atomic E-state index is 13.2. The van der Waals surface area contributed by atoms with Crippen molar-refractivity contribution < 1.29 is 22.5 Å². The Balaban J connectivity index is 1.28. The smallest absolute Gasteiger partial charge is 0.243 e. The molecule has 0 radical (unpaired) electrons. The van der Waals surface area contributed by atoms with Crippen LogP contribution in [-0.2, 0) is 21.9 Å². The summed E-state index contributed by atoms with van der Waals surface area (Å²) in [5, 5.41) is 2.88. The first-order chi connectivity index (χ1) is 18.6. The Bertz CT molecular complexity index is 1380.